The Labute approximate surface area is 237 Å². The minimum atomic E-state index is -0.485. The number of aromatic nitrogens is 3. The molecule has 0 saturated heterocycles. The van der Waals surface area contributed by atoms with E-state index in [9.17, 15) is 4.79 Å². The number of benzene rings is 3. The molecule has 7 nitrogen and oxygen atoms in total. The van der Waals surface area contributed by atoms with Gasteiger partial charge in [0.2, 0.25) is 11.1 Å². The van der Waals surface area contributed by atoms with E-state index in [0.717, 1.165) is 33.8 Å². The van der Waals surface area contributed by atoms with Crippen LogP contribution in [-0.4, -0.2) is 26.8 Å². The first kappa shape index (κ1) is 26.8. The Hall–Kier alpha value is -3.75. The van der Waals surface area contributed by atoms with Crippen LogP contribution in [0.2, 0.25) is 5.02 Å². The molecule has 1 atom stereocenters. The average molecular weight is 560 g/mol. The number of anilines is 2. The molecule has 5 rings (SSSR count). The molecule has 4 aromatic rings. The summed E-state index contributed by atoms with van der Waals surface area (Å²) in [4.78, 5) is 18.5. The Morgan fingerprint density at radius 2 is 1.87 bits per heavy atom. The van der Waals surface area contributed by atoms with Gasteiger partial charge in [-0.2, -0.15) is 4.98 Å². The maximum atomic E-state index is 13.7. The van der Waals surface area contributed by atoms with Gasteiger partial charge in [0.25, 0.3) is 5.91 Å². The number of halogens is 1. The number of nitrogens with zero attached hydrogens (tertiary/aromatic N) is 3. The first-order valence-electron chi connectivity index (χ1n) is 12.7. The molecule has 2 heterocycles. The van der Waals surface area contributed by atoms with Crippen molar-refractivity contribution < 1.29 is 9.53 Å². The number of hydrogen-bond acceptors (Lipinski definition) is 6. The molecule has 0 aliphatic carbocycles. The zero-order chi connectivity index (χ0) is 27.5. The van der Waals surface area contributed by atoms with Crippen LogP contribution in [0.3, 0.4) is 0 Å². The van der Waals surface area contributed by atoms with Crippen LogP contribution in [0.4, 0.5) is 11.6 Å². The highest BCUT2D eigenvalue weighted by molar-refractivity contribution is 7.98. The van der Waals surface area contributed by atoms with Gasteiger partial charge >= 0.3 is 0 Å². The highest BCUT2D eigenvalue weighted by Crippen LogP contribution is 2.38. The molecule has 39 heavy (non-hydrogen) atoms. The van der Waals surface area contributed by atoms with Crippen LogP contribution in [0, 0.1) is 6.92 Å². The van der Waals surface area contributed by atoms with Gasteiger partial charge in [-0.3, -0.25) is 4.79 Å². The summed E-state index contributed by atoms with van der Waals surface area (Å²) in [6.45, 7) is 7.87. The minimum absolute atomic E-state index is 0.0622. The largest absolute Gasteiger partial charge is 0.491 e. The smallest absolute Gasteiger partial charge is 0.255 e. The summed E-state index contributed by atoms with van der Waals surface area (Å²) < 4.78 is 7.63. The quantitative estimate of drug-likeness (QED) is 0.221. The van der Waals surface area contributed by atoms with Crippen molar-refractivity contribution in [3.63, 3.8) is 0 Å². The maximum absolute atomic E-state index is 13.7. The van der Waals surface area contributed by atoms with Crippen molar-refractivity contribution in [1.29, 1.82) is 0 Å². The van der Waals surface area contributed by atoms with Gasteiger partial charge in [-0.25, -0.2) is 4.68 Å². The molecule has 1 amide bonds. The number of aryl methyl sites for hydroxylation is 1. The summed E-state index contributed by atoms with van der Waals surface area (Å²) in [5.41, 5.74) is 4.99. The second kappa shape index (κ2) is 11.6. The standard InChI is InChI=1S/C30H30ClN5O2S/c1-18(2)38-24-14-12-21(13-15-24)27-26(28(37)33-23-10-7-8-19(3)16-23)20(4)32-29-34-30(35-36(27)29)39-17-22-9-5-6-11-25(22)31/h5-16,18,27H,17H2,1-4H3,(H,33,37)(H,32,34,35). The van der Waals surface area contributed by atoms with E-state index in [4.69, 9.17) is 26.4 Å². The molecule has 1 aliphatic rings. The Morgan fingerprint density at radius 1 is 1.10 bits per heavy atom. The van der Waals surface area contributed by atoms with Gasteiger partial charge < -0.3 is 15.4 Å². The molecule has 3 aromatic carbocycles. The monoisotopic (exact) mass is 559 g/mol. The molecule has 9 heteroatoms. The van der Waals surface area contributed by atoms with E-state index in [1.165, 1.54) is 11.8 Å². The van der Waals surface area contributed by atoms with Crippen LogP contribution < -0.4 is 15.4 Å². The number of hydrogen-bond donors (Lipinski definition) is 2. The summed E-state index contributed by atoms with van der Waals surface area (Å²) in [5, 5.41) is 12.5. The number of carbonyl (C=O) groups is 1. The molecular formula is C30H30ClN5O2S. The van der Waals surface area contributed by atoms with Gasteiger partial charge in [-0.15, -0.1) is 5.10 Å². The number of fused-ring (bicyclic) bond motifs is 1. The van der Waals surface area contributed by atoms with E-state index in [0.29, 0.717) is 27.5 Å². The van der Waals surface area contributed by atoms with Crippen molar-refractivity contribution in [2.75, 3.05) is 10.6 Å². The van der Waals surface area contributed by atoms with Crippen LogP contribution in [0.1, 0.15) is 43.5 Å². The van der Waals surface area contributed by atoms with Crippen molar-refractivity contribution in [1.82, 2.24) is 14.8 Å². The predicted molar refractivity (Wildman–Crippen MR) is 158 cm³/mol. The topological polar surface area (TPSA) is 81.1 Å². The van der Waals surface area contributed by atoms with Gasteiger partial charge in [0.15, 0.2) is 0 Å². The summed E-state index contributed by atoms with van der Waals surface area (Å²) in [6.07, 6.45) is 0.0622. The predicted octanol–water partition coefficient (Wildman–Crippen LogP) is 7.25. The fourth-order valence-corrected chi connectivity index (χ4v) is 5.59. The molecule has 1 aliphatic heterocycles. The normalized spacial score (nSPS) is 14.7. The molecule has 1 unspecified atom stereocenters. The Bertz CT molecular complexity index is 1530. The van der Waals surface area contributed by atoms with Crippen LogP contribution in [0.15, 0.2) is 89.2 Å². The molecule has 200 valence electrons. The number of allylic oxidation sites excluding steroid dienone is 1. The van der Waals surface area contributed by atoms with E-state index in [-0.39, 0.29) is 12.0 Å². The van der Waals surface area contributed by atoms with E-state index in [1.807, 2.05) is 100 Å². The summed E-state index contributed by atoms with van der Waals surface area (Å²) in [6, 6.07) is 22.8. The molecular weight excluding hydrogens is 530 g/mol. The highest BCUT2D eigenvalue weighted by atomic mass is 35.5. The van der Waals surface area contributed by atoms with Gasteiger partial charge in [0.05, 0.1) is 11.7 Å². The second-order valence-electron chi connectivity index (χ2n) is 9.67. The van der Waals surface area contributed by atoms with Crippen molar-refractivity contribution in [2.24, 2.45) is 0 Å². The Kier molecular flexibility index (Phi) is 7.95. The van der Waals surface area contributed by atoms with Crippen LogP contribution in [0.5, 0.6) is 5.75 Å². The Balaban J connectivity index is 1.49. The summed E-state index contributed by atoms with van der Waals surface area (Å²) >= 11 is 7.85. The van der Waals surface area contributed by atoms with Crippen LogP contribution >= 0.6 is 23.4 Å². The molecule has 0 fully saturated rings. The molecule has 0 spiro atoms. The maximum Gasteiger partial charge on any atom is 0.255 e. The molecule has 1 aromatic heterocycles. The van der Waals surface area contributed by atoms with E-state index in [2.05, 4.69) is 10.6 Å². The third-order valence-corrected chi connectivity index (χ3v) is 7.49. The number of nitrogens with one attached hydrogen (secondary N) is 2. The van der Waals surface area contributed by atoms with Gasteiger partial charge in [-0.1, -0.05) is 65.8 Å². The van der Waals surface area contributed by atoms with Crippen LogP contribution in [0.25, 0.3) is 0 Å². The highest BCUT2D eigenvalue weighted by Gasteiger charge is 2.34. The fourth-order valence-electron chi connectivity index (χ4n) is 4.47. The van der Waals surface area contributed by atoms with Crippen molar-refractivity contribution in [3.8, 4) is 5.75 Å². The molecule has 0 bridgehead atoms. The lowest BCUT2D eigenvalue weighted by Gasteiger charge is -2.28. The number of amides is 1. The Morgan fingerprint density at radius 3 is 2.59 bits per heavy atom. The lowest BCUT2D eigenvalue weighted by atomic mass is 9.95. The second-order valence-corrected chi connectivity index (χ2v) is 11.0. The van der Waals surface area contributed by atoms with Crippen molar-refractivity contribution in [3.05, 3.63) is 106 Å². The summed E-state index contributed by atoms with van der Waals surface area (Å²) in [7, 11) is 0. The SMILES string of the molecule is CC1=C(C(=O)Nc2cccc(C)c2)C(c2ccc(OC(C)C)cc2)n2nc(SCc3ccccc3Cl)nc2N1. The lowest BCUT2D eigenvalue weighted by molar-refractivity contribution is -0.113. The third-order valence-electron chi connectivity index (χ3n) is 6.24. The van der Waals surface area contributed by atoms with Gasteiger partial charge in [0.1, 0.15) is 11.8 Å². The van der Waals surface area contributed by atoms with E-state index >= 15 is 0 Å². The third kappa shape index (κ3) is 6.13. The number of carbonyl (C=O) groups excluding carboxylic acids is 1. The number of ether oxygens (including phenoxy) is 1. The molecule has 2 N–H and O–H groups in total. The molecule has 0 saturated carbocycles. The zero-order valence-corrected chi connectivity index (χ0v) is 23.8. The van der Waals surface area contributed by atoms with E-state index < -0.39 is 6.04 Å². The fraction of sp³-hybridized carbons (Fsp3) is 0.233. The van der Waals surface area contributed by atoms with E-state index in [1.54, 1.807) is 4.68 Å². The average Bonchev–Trinajstić information content (AvgIpc) is 3.30. The first-order valence-corrected chi connectivity index (χ1v) is 14.1. The number of thioether (sulfide) groups is 1. The van der Waals surface area contributed by atoms with Crippen molar-refractivity contribution in [2.45, 2.75) is 50.8 Å². The lowest BCUT2D eigenvalue weighted by Crippen LogP contribution is -2.31. The minimum Gasteiger partial charge on any atom is -0.491 e. The van der Waals surface area contributed by atoms with Crippen molar-refractivity contribution >= 4 is 40.9 Å². The molecule has 0 radical (unpaired) electrons. The first-order chi connectivity index (χ1) is 18.8. The summed E-state index contributed by atoms with van der Waals surface area (Å²) in [5.74, 6) is 1.77. The zero-order valence-electron chi connectivity index (χ0n) is 22.2. The van der Waals surface area contributed by atoms with Gasteiger partial charge in [0, 0.05) is 22.2 Å². The van der Waals surface area contributed by atoms with Gasteiger partial charge in [-0.05, 0) is 74.7 Å². The number of rotatable bonds is 8. The van der Waals surface area contributed by atoms with Crippen LogP contribution in [-0.2, 0) is 10.5 Å².